The number of allylic oxidation sites excluding steroid dienone is 1. The van der Waals surface area contributed by atoms with Gasteiger partial charge in [0.25, 0.3) is 0 Å². The zero-order valence-electron chi connectivity index (χ0n) is 11.4. The molecule has 0 saturated heterocycles. The van der Waals surface area contributed by atoms with Crippen molar-refractivity contribution in [2.45, 2.75) is 6.42 Å². The Morgan fingerprint density at radius 1 is 0.952 bits per heavy atom. The van der Waals surface area contributed by atoms with Crippen LogP contribution >= 0.6 is 0 Å². The average molecular weight is 277 g/mol. The van der Waals surface area contributed by atoms with E-state index < -0.39 is 0 Å². The quantitative estimate of drug-likeness (QED) is 0.776. The van der Waals surface area contributed by atoms with Crippen LogP contribution in [-0.2, 0) is 11.2 Å². The molecule has 2 aliphatic heterocycles. The highest BCUT2D eigenvalue weighted by atomic mass is 16.1. The maximum absolute atomic E-state index is 10.8. The Kier molecular flexibility index (Phi) is 3.78. The van der Waals surface area contributed by atoms with Gasteiger partial charge in [-0.25, -0.2) is 0 Å². The molecule has 0 spiro atoms. The van der Waals surface area contributed by atoms with E-state index in [4.69, 9.17) is 0 Å². The van der Waals surface area contributed by atoms with Crippen molar-refractivity contribution in [3.05, 3.63) is 65.7 Å². The Morgan fingerprint density at radius 2 is 1.71 bits per heavy atom. The lowest BCUT2D eigenvalue weighted by Crippen LogP contribution is -2.03. The van der Waals surface area contributed by atoms with Crippen LogP contribution in [0.25, 0.3) is 6.08 Å². The number of carbonyl (C=O) groups is 1. The fraction of sp³-hybridized carbons (Fsp3) is 0.0588. The van der Waals surface area contributed by atoms with Gasteiger partial charge in [-0.05, 0) is 29.3 Å². The van der Waals surface area contributed by atoms with Gasteiger partial charge in [0, 0.05) is 11.9 Å². The minimum atomic E-state index is 0.0983. The Balaban J connectivity index is 0.000000126. The van der Waals surface area contributed by atoms with Crippen molar-refractivity contribution in [2.75, 3.05) is 10.7 Å². The van der Waals surface area contributed by atoms with Gasteiger partial charge >= 0.3 is 0 Å². The highest BCUT2D eigenvalue weighted by Gasteiger charge is 2.15. The van der Waals surface area contributed by atoms with Crippen molar-refractivity contribution in [2.24, 2.45) is 5.10 Å². The molecule has 2 N–H and O–H groups in total. The number of hydrazone groups is 1. The zero-order chi connectivity index (χ0) is 14.5. The molecule has 2 aromatic carbocycles. The smallest absolute Gasteiger partial charge is 0.228 e. The number of para-hydroxylation sites is 2. The monoisotopic (exact) mass is 277 g/mol. The molecule has 1 amide bonds. The number of nitrogens with zero attached hydrogens (tertiary/aromatic N) is 1. The lowest BCUT2D eigenvalue weighted by molar-refractivity contribution is -0.115. The highest BCUT2D eigenvalue weighted by Crippen LogP contribution is 2.21. The number of amides is 1. The van der Waals surface area contributed by atoms with Crippen molar-refractivity contribution in [1.29, 1.82) is 0 Å². The molecular weight excluding hydrogens is 262 g/mol. The second kappa shape index (κ2) is 6.05. The second-order valence-corrected chi connectivity index (χ2v) is 4.72. The number of anilines is 2. The molecule has 0 aliphatic carbocycles. The van der Waals surface area contributed by atoms with Crippen molar-refractivity contribution in [1.82, 2.24) is 0 Å². The average Bonchev–Trinajstić information content (AvgIpc) is 2.73. The standard InChI is InChI=1S/C9H8N2.C8H7NO/c1-2-6-9-8(4-1)5-3-7-10-11-9;10-8-5-6-3-1-2-4-7(6)9-8/h1-7,11H;1-4H,5H2,(H,9,10). The SMILES string of the molecule is C1=Cc2ccccc2NN=C1.O=C1Cc2ccccc2N1. The van der Waals surface area contributed by atoms with E-state index in [1.54, 1.807) is 6.21 Å². The van der Waals surface area contributed by atoms with Gasteiger partial charge in [-0.2, -0.15) is 5.10 Å². The summed E-state index contributed by atoms with van der Waals surface area (Å²) < 4.78 is 0. The molecule has 0 radical (unpaired) electrons. The van der Waals surface area contributed by atoms with E-state index in [-0.39, 0.29) is 5.91 Å². The number of fused-ring (bicyclic) bond motifs is 2. The number of hydrogen-bond acceptors (Lipinski definition) is 3. The molecule has 0 unspecified atom stereocenters. The Bertz CT molecular complexity index is 692. The fourth-order valence-corrected chi connectivity index (χ4v) is 2.20. The molecule has 4 rings (SSSR count). The van der Waals surface area contributed by atoms with Gasteiger partial charge in [-0.1, -0.05) is 42.5 Å². The maximum Gasteiger partial charge on any atom is 0.228 e. The lowest BCUT2D eigenvalue weighted by atomic mass is 10.2. The molecule has 0 aromatic heterocycles. The minimum Gasteiger partial charge on any atom is -0.326 e. The van der Waals surface area contributed by atoms with E-state index in [1.165, 1.54) is 5.56 Å². The van der Waals surface area contributed by atoms with Gasteiger partial charge in [-0.3, -0.25) is 10.2 Å². The summed E-state index contributed by atoms with van der Waals surface area (Å²) in [4.78, 5) is 10.8. The molecule has 0 fully saturated rings. The van der Waals surface area contributed by atoms with E-state index in [0.717, 1.165) is 16.9 Å². The van der Waals surface area contributed by atoms with E-state index in [9.17, 15) is 4.79 Å². The van der Waals surface area contributed by atoms with Crippen molar-refractivity contribution in [3.8, 4) is 0 Å². The van der Waals surface area contributed by atoms with Gasteiger partial charge in [0.2, 0.25) is 5.91 Å². The van der Waals surface area contributed by atoms with Gasteiger partial charge in [0.15, 0.2) is 0 Å². The summed E-state index contributed by atoms with van der Waals surface area (Å²) in [6, 6.07) is 15.8. The van der Waals surface area contributed by atoms with E-state index in [0.29, 0.717) is 6.42 Å². The molecule has 0 bridgehead atoms. The molecule has 21 heavy (non-hydrogen) atoms. The molecule has 2 aromatic rings. The summed E-state index contributed by atoms with van der Waals surface area (Å²) in [5, 5.41) is 6.71. The van der Waals surface area contributed by atoms with Gasteiger partial charge < -0.3 is 5.32 Å². The Morgan fingerprint density at radius 3 is 2.57 bits per heavy atom. The first-order valence-corrected chi connectivity index (χ1v) is 6.75. The summed E-state index contributed by atoms with van der Waals surface area (Å²) in [6.07, 6.45) is 6.22. The van der Waals surface area contributed by atoms with Crippen LogP contribution in [-0.4, -0.2) is 12.1 Å². The van der Waals surface area contributed by atoms with Gasteiger partial charge in [0.05, 0.1) is 12.1 Å². The van der Waals surface area contributed by atoms with E-state index >= 15 is 0 Å². The van der Waals surface area contributed by atoms with Crippen molar-refractivity contribution < 1.29 is 4.79 Å². The third kappa shape index (κ3) is 3.17. The summed E-state index contributed by atoms with van der Waals surface area (Å²) in [7, 11) is 0. The van der Waals surface area contributed by atoms with E-state index in [2.05, 4.69) is 15.8 Å². The van der Waals surface area contributed by atoms with Crippen LogP contribution in [0, 0.1) is 0 Å². The third-order valence-electron chi connectivity index (χ3n) is 3.22. The van der Waals surface area contributed by atoms with Crippen LogP contribution in [0.1, 0.15) is 11.1 Å². The number of carbonyl (C=O) groups excluding carboxylic acids is 1. The highest BCUT2D eigenvalue weighted by molar-refractivity contribution is 5.98. The first-order valence-electron chi connectivity index (χ1n) is 6.75. The fourth-order valence-electron chi connectivity index (χ4n) is 2.20. The summed E-state index contributed by atoms with van der Waals surface area (Å²) in [5.41, 5.74) is 7.23. The number of benzene rings is 2. The predicted molar refractivity (Wildman–Crippen MR) is 86.4 cm³/mol. The number of hydrogen-bond donors (Lipinski definition) is 2. The minimum absolute atomic E-state index is 0.0983. The lowest BCUT2D eigenvalue weighted by Gasteiger charge is -2.00. The molecule has 104 valence electrons. The van der Waals surface area contributed by atoms with Crippen LogP contribution in [0.3, 0.4) is 0 Å². The number of rotatable bonds is 0. The second-order valence-electron chi connectivity index (χ2n) is 4.72. The third-order valence-corrected chi connectivity index (χ3v) is 3.22. The first-order chi connectivity index (χ1) is 10.3. The normalized spacial score (nSPS) is 14.0. The molecular formula is C17H15N3O. The largest absolute Gasteiger partial charge is 0.326 e. The number of nitrogens with one attached hydrogen (secondary N) is 2. The first kappa shape index (κ1) is 13.1. The van der Waals surface area contributed by atoms with Crippen LogP contribution in [0.4, 0.5) is 11.4 Å². The van der Waals surface area contributed by atoms with E-state index in [1.807, 2.05) is 60.7 Å². The molecule has 2 aliphatic rings. The van der Waals surface area contributed by atoms with Crippen molar-refractivity contribution in [3.63, 3.8) is 0 Å². The van der Waals surface area contributed by atoms with Crippen LogP contribution in [0.2, 0.25) is 0 Å². The van der Waals surface area contributed by atoms with Crippen LogP contribution in [0.15, 0.2) is 59.7 Å². The van der Waals surface area contributed by atoms with Gasteiger partial charge in [0.1, 0.15) is 0 Å². The molecule has 2 heterocycles. The van der Waals surface area contributed by atoms with Crippen LogP contribution in [0.5, 0.6) is 0 Å². The Hall–Kier alpha value is -2.88. The molecule has 4 nitrogen and oxygen atoms in total. The molecule has 0 saturated carbocycles. The van der Waals surface area contributed by atoms with Crippen molar-refractivity contribution >= 4 is 29.6 Å². The predicted octanol–water partition coefficient (Wildman–Crippen LogP) is 3.29. The summed E-state index contributed by atoms with van der Waals surface area (Å²) >= 11 is 0. The molecule has 4 heteroatoms. The van der Waals surface area contributed by atoms with Gasteiger partial charge in [-0.15, -0.1) is 0 Å². The maximum atomic E-state index is 10.8. The zero-order valence-corrected chi connectivity index (χ0v) is 11.4. The Labute approximate surface area is 123 Å². The van der Waals surface area contributed by atoms with Crippen LogP contribution < -0.4 is 10.7 Å². The summed E-state index contributed by atoms with van der Waals surface area (Å²) in [6.45, 7) is 0. The topological polar surface area (TPSA) is 53.5 Å². The summed E-state index contributed by atoms with van der Waals surface area (Å²) in [5.74, 6) is 0.0983. The molecule has 0 atom stereocenters.